The Morgan fingerprint density at radius 1 is 0.640 bits per heavy atom. The topological polar surface area (TPSA) is 9.23 Å². The number of benzene rings is 4. The van der Waals surface area contributed by atoms with Crippen molar-refractivity contribution >= 4 is 10.8 Å². The molecule has 0 heterocycles. The summed E-state index contributed by atoms with van der Waals surface area (Å²) in [7, 11) is 0. The van der Waals surface area contributed by atoms with E-state index in [2.05, 4.69) is 55.5 Å². The number of hydrogen-bond donors (Lipinski definition) is 0. The van der Waals surface area contributed by atoms with Crippen LogP contribution >= 0.6 is 0 Å². The van der Waals surface area contributed by atoms with Gasteiger partial charge in [-0.25, -0.2) is 0 Å². The van der Waals surface area contributed by atoms with Crippen molar-refractivity contribution in [3.63, 3.8) is 0 Å². The summed E-state index contributed by atoms with van der Waals surface area (Å²) in [6.45, 7) is 4.19. The Hall–Kier alpha value is -3.06. The highest BCUT2D eigenvalue weighted by molar-refractivity contribution is 5.86. The Kier molecular flexibility index (Phi) is 4.22. The van der Waals surface area contributed by atoms with Crippen LogP contribution in [0.1, 0.15) is 16.7 Å². The van der Waals surface area contributed by atoms with Crippen LogP contribution in [-0.4, -0.2) is 0 Å². The zero-order chi connectivity index (χ0) is 17.1. The predicted molar refractivity (Wildman–Crippen MR) is 104 cm³/mol. The van der Waals surface area contributed by atoms with Gasteiger partial charge in [0.15, 0.2) is 0 Å². The van der Waals surface area contributed by atoms with Gasteiger partial charge in [0.25, 0.3) is 0 Å². The molecule has 0 aliphatic carbocycles. The lowest BCUT2D eigenvalue weighted by molar-refractivity contribution is 0.482. The van der Waals surface area contributed by atoms with Crippen molar-refractivity contribution in [2.45, 2.75) is 6.42 Å². The average Bonchev–Trinajstić information content (AvgIpc) is 2.66. The zero-order valence-corrected chi connectivity index (χ0v) is 14.0. The lowest BCUT2D eigenvalue weighted by atomic mass is 9.96. The summed E-state index contributed by atoms with van der Waals surface area (Å²) in [5, 5.41) is 2.56. The molecule has 0 bridgehead atoms. The molecule has 4 aromatic rings. The molecule has 1 nitrogen and oxygen atoms in total. The van der Waals surface area contributed by atoms with Crippen molar-refractivity contribution in [3.05, 3.63) is 115 Å². The smallest absolute Gasteiger partial charge is 0.127 e. The van der Waals surface area contributed by atoms with E-state index >= 15 is 0 Å². The van der Waals surface area contributed by atoms with E-state index in [1.54, 1.807) is 0 Å². The van der Waals surface area contributed by atoms with Gasteiger partial charge in [-0.15, -0.1) is 0 Å². The summed E-state index contributed by atoms with van der Waals surface area (Å²) in [6, 6.07) is 30.9. The van der Waals surface area contributed by atoms with Crippen molar-refractivity contribution in [2.75, 3.05) is 0 Å². The number of hydrogen-bond acceptors (Lipinski definition) is 1. The van der Waals surface area contributed by atoms with E-state index < -0.39 is 0 Å². The average molecular weight is 323 g/mol. The second kappa shape index (κ2) is 6.82. The highest BCUT2D eigenvalue weighted by Gasteiger charge is 2.07. The van der Waals surface area contributed by atoms with Gasteiger partial charge < -0.3 is 4.74 Å². The lowest BCUT2D eigenvalue weighted by Crippen LogP contribution is -1.94. The third kappa shape index (κ3) is 3.41. The van der Waals surface area contributed by atoms with Gasteiger partial charge in [-0.1, -0.05) is 66.7 Å². The van der Waals surface area contributed by atoms with Crippen molar-refractivity contribution < 1.29 is 4.74 Å². The van der Waals surface area contributed by atoms with E-state index in [9.17, 15) is 0 Å². The molecule has 0 unspecified atom stereocenters. The number of ether oxygens (including phenoxy) is 1. The summed E-state index contributed by atoms with van der Waals surface area (Å²) in [4.78, 5) is 0. The van der Waals surface area contributed by atoms with Gasteiger partial charge in [0, 0.05) is 0 Å². The van der Waals surface area contributed by atoms with Gasteiger partial charge in [0.05, 0.1) is 0 Å². The minimum absolute atomic E-state index is 0.839. The minimum atomic E-state index is 0.839. The Bertz CT molecular complexity index is 997. The van der Waals surface area contributed by atoms with Gasteiger partial charge in [-0.3, -0.25) is 0 Å². The normalized spacial score (nSPS) is 10.8. The highest BCUT2D eigenvalue weighted by Crippen LogP contribution is 2.27. The largest absolute Gasteiger partial charge is 0.457 e. The molecular weight excluding hydrogens is 304 g/mol. The first-order valence-electron chi connectivity index (χ1n) is 8.44. The molecule has 0 atom stereocenters. The Labute approximate surface area is 148 Å². The van der Waals surface area contributed by atoms with Crippen LogP contribution in [-0.2, 0) is 6.42 Å². The van der Waals surface area contributed by atoms with Crippen molar-refractivity contribution in [2.24, 2.45) is 0 Å². The van der Waals surface area contributed by atoms with E-state index in [0.717, 1.165) is 23.5 Å². The molecule has 0 fully saturated rings. The molecule has 1 radical (unpaired) electrons. The third-order valence-electron chi connectivity index (χ3n) is 4.42. The Morgan fingerprint density at radius 2 is 1.40 bits per heavy atom. The molecule has 1 heteroatoms. The summed E-state index contributed by atoms with van der Waals surface area (Å²) in [6.07, 6.45) is 0.839. The Morgan fingerprint density at radius 3 is 2.28 bits per heavy atom. The number of rotatable bonds is 4. The first-order valence-corrected chi connectivity index (χ1v) is 8.44. The van der Waals surface area contributed by atoms with Crippen molar-refractivity contribution in [3.8, 4) is 11.5 Å². The lowest BCUT2D eigenvalue weighted by Gasteiger charge is -2.12. The van der Waals surface area contributed by atoms with Crippen molar-refractivity contribution in [1.29, 1.82) is 0 Å². The van der Waals surface area contributed by atoms with Crippen LogP contribution in [0.4, 0.5) is 0 Å². The quantitative estimate of drug-likeness (QED) is 0.422. The van der Waals surface area contributed by atoms with E-state index in [0.29, 0.717) is 0 Å². The van der Waals surface area contributed by atoms with E-state index in [1.807, 2.05) is 42.5 Å². The molecule has 0 N–H and O–H groups in total. The van der Waals surface area contributed by atoms with Gasteiger partial charge in [0.1, 0.15) is 11.5 Å². The number of para-hydroxylation sites is 1. The van der Waals surface area contributed by atoms with E-state index in [-0.39, 0.29) is 0 Å². The zero-order valence-electron chi connectivity index (χ0n) is 14.0. The van der Waals surface area contributed by atoms with Crippen LogP contribution in [0, 0.1) is 6.92 Å². The first-order chi connectivity index (χ1) is 12.3. The fourth-order valence-electron chi connectivity index (χ4n) is 3.11. The molecule has 0 spiro atoms. The van der Waals surface area contributed by atoms with Crippen LogP contribution in [0.25, 0.3) is 10.8 Å². The molecule has 0 amide bonds. The van der Waals surface area contributed by atoms with Gasteiger partial charge in [-0.2, -0.15) is 0 Å². The maximum atomic E-state index is 5.97. The summed E-state index contributed by atoms with van der Waals surface area (Å²) < 4.78 is 5.97. The molecule has 0 saturated heterocycles. The molecular formula is C24H19O. The molecule has 0 aliphatic rings. The molecule has 0 aromatic heterocycles. The van der Waals surface area contributed by atoms with Crippen LogP contribution in [0.2, 0.25) is 0 Å². The molecule has 4 aromatic carbocycles. The SMILES string of the molecule is [CH2]c1ccc(Oc2ccccc2)cc1Cc1cccc2ccccc12. The van der Waals surface area contributed by atoms with Crippen LogP contribution in [0.15, 0.2) is 91.0 Å². The molecule has 25 heavy (non-hydrogen) atoms. The fourth-order valence-corrected chi connectivity index (χ4v) is 3.11. The van der Waals surface area contributed by atoms with Gasteiger partial charge in [-0.05, 0) is 65.1 Å². The van der Waals surface area contributed by atoms with Gasteiger partial charge >= 0.3 is 0 Å². The maximum absolute atomic E-state index is 5.97. The monoisotopic (exact) mass is 323 g/mol. The predicted octanol–water partition coefficient (Wildman–Crippen LogP) is 6.41. The van der Waals surface area contributed by atoms with Crippen LogP contribution in [0.5, 0.6) is 11.5 Å². The van der Waals surface area contributed by atoms with E-state index in [1.165, 1.54) is 21.9 Å². The third-order valence-corrected chi connectivity index (χ3v) is 4.42. The molecule has 0 saturated carbocycles. The van der Waals surface area contributed by atoms with E-state index in [4.69, 9.17) is 4.74 Å². The van der Waals surface area contributed by atoms with Gasteiger partial charge in [0.2, 0.25) is 0 Å². The first kappa shape index (κ1) is 15.5. The summed E-state index contributed by atoms with van der Waals surface area (Å²) in [5.41, 5.74) is 3.53. The maximum Gasteiger partial charge on any atom is 0.127 e. The summed E-state index contributed by atoms with van der Waals surface area (Å²) >= 11 is 0. The fraction of sp³-hybridized carbons (Fsp3) is 0.0417. The minimum Gasteiger partial charge on any atom is -0.457 e. The Balaban J connectivity index is 1.67. The molecule has 4 rings (SSSR count). The molecule has 0 aliphatic heterocycles. The van der Waals surface area contributed by atoms with Crippen molar-refractivity contribution in [1.82, 2.24) is 0 Å². The molecule has 121 valence electrons. The standard InChI is InChI=1S/C24H19O/c1-18-14-15-23(25-22-11-3-2-4-12-22)17-21(18)16-20-10-7-9-19-8-5-6-13-24(19)20/h2-15,17H,1,16H2. The number of fused-ring (bicyclic) bond motifs is 1. The second-order valence-corrected chi connectivity index (χ2v) is 6.16. The van der Waals surface area contributed by atoms with Crippen LogP contribution < -0.4 is 4.74 Å². The highest BCUT2D eigenvalue weighted by atomic mass is 16.5. The summed E-state index contributed by atoms with van der Waals surface area (Å²) in [5.74, 6) is 1.68. The second-order valence-electron chi connectivity index (χ2n) is 6.16. The van der Waals surface area contributed by atoms with Crippen LogP contribution in [0.3, 0.4) is 0 Å².